The van der Waals surface area contributed by atoms with Gasteiger partial charge in [-0.05, 0) is 55.8 Å². The second kappa shape index (κ2) is 8.43. The van der Waals surface area contributed by atoms with E-state index in [2.05, 4.69) is 63.2 Å². The molecule has 1 aliphatic heterocycles. The number of aromatic hydroxyl groups is 1. The second-order valence-electron chi connectivity index (χ2n) is 11.5. The van der Waals surface area contributed by atoms with Crippen LogP contribution in [0.2, 0.25) is 0 Å². The van der Waals surface area contributed by atoms with Gasteiger partial charge in [0.2, 0.25) is 0 Å². The summed E-state index contributed by atoms with van der Waals surface area (Å²) >= 11 is 0. The first-order valence-corrected chi connectivity index (χ1v) is 15.1. The molecule has 0 aliphatic carbocycles. The largest absolute Gasteiger partial charge is 0.507 e. The van der Waals surface area contributed by atoms with Gasteiger partial charge >= 0.3 is 0 Å². The van der Waals surface area contributed by atoms with Gasteiger partial charge in [-0.25, -0.2) is 0 Å². The second-order valence-corrected chi connectivity index (χ2v) is 14.1. The third-order valence-corrected chi connectivity index (χ3v) is 11.3. The van der Waals surface area contributed by atoms with Crippen LogP contribution in [0.5, 0.6) is 5.75 Å². The molecule has 0 aromatic heterocycles. The van der Waals surface area contributed by atoms with Gasteiger partial charge in [-0.1, -0.05) is 124 Å². The number of phenolic OH excluding ortho intramolecular Hbond substituents is 1. The van der Waals surface area contributed by atoms with E-state index < -0.39 is 7.14 Å². The molecular weight excluding hydrogens is 495 g/mol. The summed E-state index contributed by atoms with van der Waals surface area (Å²) in [5.41, 5.74) is 4.89. The van der Waals surface area contributed by atoms with Crippen molar-refractivity contribution in [3.05, 3.63) is 121 Å². The molecular formula is C36H29O2P. The summed E-state index contributed by atoms with van der Waals surface area (Å²) < 4.78 is 15.5. The number of hydrogen-bond donors (Lipinski definition) is 1. The van der Waals surface area contributed by atoms with E-state index in [1.165, 1.54) is 5.56 Å². The topological polar surface area (TPSA) is 37.3 Å². The first-order valence-electron chi connectivity index (χ1n) is 13.4. The highest BCUT2D eigenvalue weighted by Gasteiger charge is 2.43. The van der Waals surface area contributed by atoms with E-state index in [-0.39, 0.29) is 11.2 Å². The molecule has 0 saturated heterocycles. The van der Waals surface area contributed by atoms with Gasteiger partial charge in [-0.3, -0.25) is 0 Å². The van der Waals surface area contributed by atoms with E-state index >= 15 is 4.57 Å². The number of benzene rings is 6. The van der Waals surface area contributed by atoms with Gasteiger partial charge in [0, 0.05) is 27.0 Å². The molecule has 6 aromatic carbocycles. The van der Waals surface area contributed by atoms with Crippen LogP contribution < -0.4 is 15.9 Å². The third kappa shape index (κ3) is 3.45. The molecule has 1 heterocycles. The Kier molecular flexibility index (Phi) is 5.18. The highest BCUT2D eigenvalue weighted by atomic mass is 31.2. The van der Waals surface area contributed by atoms with Crippen molar-refractivity contribution in [3.63, 3.8) is 0 Å². The molecule has 2 nitrogen and oxygen atoms in total. The summed E-state index contributed by atoms with van der Waals surface area (Å²) in [5.74, 6) is 0.224. The van der Waals surface area contributed by atoms with Crippen LogP contribution in [0, 0.1) is 0 Å². The summed E-state index contributed by atoms with van der Waals surface area (Å²) in [5, 5.41) is 18.0. The maximum atomic E-state index is 15.5. The molecule has 3 heteroatoms. The van der Waals surface area contributed by atoms with Crippen molar-refractivity contribution >= 4 is 44.6 Å². The Labute approximate surface area is 229 Å². The molecule has 0 spiro atoms. The summed E-state index contributed by atoms with van der Waals surface area (Å²) in [6.45, 7) is 6.64. The molecule has 0 bridgehead atoms. The van der Waals surface area contributed by atoms with Gasteiger partial charge < -0.3 is 9.67 Å². The van der Waals surface area contributed by atoms with Crippen molar-refractivity contribution in [2.24, 2.45) is 0 Å². The summed E-state index contributed by atoms with van der Waals surface area (Å²) in [6.07, 6.45) is 0. The molecule has 1 atom stereocenters. The van der Waals surface area contributed by atoms with Crippen LogP contribution in [0.4, 0.5) is 0 Å². The van der Waals surface area contributed by atoms with Crippen LogP contribution in [-0.4, -0.2) is 5.11 Å². The minimum absolute atomic E-state index is 0.0116. The van der Waals surface area contributed by atoms with E-state index in [0.29, 0.717) is 0 Å². The molecule has 7 rings (SSSR count). The smallest absolute Gasteiger partial charge is 0.172 e. The first kappa shape index (κ1) is 23.9. The lowest BCUT2D eigenvalue weighted by Gasteiger charge is -2.22. The zero-order valence-electron chi connectivity index (χ0n) is 22.3. The Morgan fingerprint density at radius 2 is 1.31 bits per heavy atom. The normalized spacial score (nSPS) is 16.4. The van der Waals surface area contributed by atoms with Crippen LogP contribution in [0.15, 0.2) is 115 Å². The fraction of sp³-hybridized carbons (Fsp3) is 0.111. The summed E-state index contributed by atoms with van der Waals surface area (Å²) in [7, 11) is -3.18. The van der Waals surface area contributed by atoms with Gasteiger partial charge in [0.1, 0.15) is 5.75 Å². The lowest BCUT2D eigenvalue weighted by molar-refractivity contribution is 0.478. The SMILES string of the molecule is CC(C)(C)c1ccc2c(-c3cc4ccccc4c4c3-c3ccccc3P4(=O)c3ccccc3)c(O)ccc2c1. The lowest BCUT2D eigenvalue weighted by atomic mass is 9.84. The Hall–Kier alpha value is -4.13. The molecule has 0 saturated carbocycles. The lowest BCUT2D eigenvalue weighted by Crippen LogP contribution is -2.21. The van der Waals surface area contributed by atoms with Gasteiger partial charge in [0.25, 0.3) is 0 Å². The van der Waals surface area contributed by atoms with Crippen molar-refractivity contribution in [2.45, 2.75) is 26.2 Å². The van der Waals surface area contributed by atoms with Gasteiger partial charge in [0.05, 0.1) is 0 Å². The van der Waals surface area contributed by atoms with Crippen molar-refractivity contribution < 1.29 is 9.67 Å². The molecule has 6 aromatic rings. The average molecular weight is 525 g/mol. The predicted molar refractivity (Wildman–Crippen MR) is 166 cm³/mol. The molecule has 0 fully saturated rings. The Balaban J connectivity index is 1.66. The molecule has 0 amide bonds. The average Bonchev–Trinajstić information content (AvgIpc) is 3.23. The van der Waals surface area contributed by atoms with Crippen LogP contribution in [0.1, 0.15) is 26.3 Å². The molecule has 39 heavy (non-hydrogen) atoms. The maximum Gasteiger partial charge on any atom is 0.172 e. The fourth-order valence-electron chi connectivity index (χ4n) is 6.18. The highest BCUT2D eigenvalue weighted by Crippen LogP contribution is 2.57. The number of rotatable bonds is 2. The molecule has 0 radical (unpaired) electrons. The van der Waals surface area contributed by atoms with Crippen LogP contribution in [0.25, 0.3) is 43.8 Å². The zero-order valence-corrected chi connectivity index (χ0v) is 23.2. The van der Waals surface area contributed by atoms with E-state index in [4.69, 9.17) is 0 Å². The number of hydrogen-bond acceptors (Lipinski definition) is 2. The van der Waals surface area contributed by atoms with Gasteiger partial charge in [-0.2, -0.15) is 0 Å². The first-order chi connectivity index (χ1) is 18.8. The number of fused-ring (bicyclic) bond motifs is 6. The van der Waals surface area contributed by atoms with E-state index in [9.17, 15) is 5.11 Å². The van der Waals surface area contributed by atoms with Crippen LogP contribution in [-0.2, 0) is 9.98 Å². The summed E-state index contributed by atoms with van der Waals surface area (Å²) in [4.78, 5) is 0. The van der Waals surface area contributed by atoms with Crippen molar-refractivity contribution in [2.75, 3.05) is 0 Å². The predicted octanol–water partition coefficient (Wildman–Crippen LogP) is 8.28. The standard InChI is InChI=1S/C36H29O2P/c1-36(2,3)25-18-19-27-24(21-25)17-20-31(37)33(27)30-22-23-11-7-8-14-28(23)35-34(30)29-15-9-10-16-32(29)39(35,38)26-12-5-4-6-13-26/h4-22,37H,1-3H3. The molecule has 1 N–H and O–H groups in total. The molecule has 1 aliphatic rings. The third-order valence-electron chi connectivity index (χ3n) is 8.10. The number of phenols is 1. The van der Waals surface area contributed by atoms with E-state index in [1.807, 2.05) is 66.7 Å². The Morgan fingerprint density at radius 3 is 2.10 bits per heavy atom. The minimum atomic E-state index is -3.18. The van der Waals surface area contributed by atoms with Crippen LogP contribution >= 0.6 is 7.14 Å². The van der Waals surface area contributed by atoms with Crippen molar-refractivity contribution in [1.82, 2.24) is 0 Å². The van der Waals surface area contributed by atoms with Gasteiger partial charge in [0.15, 0.2) is 7.14 Å². The van der Waals surface area contributed by atoms with Crippen molar-refractivity contribution in [1.29, 1.82) is 0 Å². The summed E-state index contributed by atoms with van der Waals surface area (Å²) in [6, 6.07) is 38.6. The highest BCUT2D eigenvalue weighted by molar-refractivity contribution is 7.86. The molecule has 190 valence electrons. The maximum absolute atomic E-state index is 15.5. The minimum Gasteiger partial charge on any atom is -0.507 e. The fourth-order valence-corrected chi connectivity index (χ4v) is 9.47. The quantitative estimate of drug-likeness (QED) is 0.231. The monoisotopic (exact) mass is 524 g/mol. The van der Waals surface area contributed by atoms with Crippen molar-refractivity contribution in [3.8, 4) is 28.0 Å². The van der Waals surface area contributed by atoms with Gasteiger partial charge in [-0.15, -0.1) is 0 Å². The molecule has 1 unspecified atom stereocenters. The van der Waals surface area contributed by atoms with E-state index in [1.54, 1.807) is 6.07 Å². The zero-order chi connectivity index (χ0) is 26.9. The van der Waals surface area contributed by atoms with E-state index in [0.717, 1.165) is 59.7 Å². The Morgan fingerprint density at radius 1 is 0.615 bits per heavy atom. The van der Waals surface area contributed by atoms with Crippen LogP contribution in [0.3, 0.4) is 0 Å². The Bertz CT molecular complexity index is 1980.